The van der Waals surface area contributed by atoms with E-state index in [0.29, 0.717) is 32.5 Å². The highest BCUT2D eigenvalue weighted by Crippen LogP contribution is 2.21. The molecule has 1 atom stereocenters. The van der Waals surface area contributed by atoms with Gasteiger partial charge in [0.2, 0.25) is 0 Å². The maximum absolute atomic E-state index is 11.7. The summed E-state index contributed by atoms with van der Waals surface area (Å²) in [7, 11) is -1.24. The van der Waals surface area contributed by atoms with Gasteiger partial charge >= 0.3 is 14.8 Å². The molecule has 0 aliphatic carbocycles. The fourth-order valence-corrected chi connectivity index (χ4v) is 5.43. The Kier molecular flexibility index (Phi) is 8.43. The normalized spacial score (nSPS) is 20.5. The van der Waals surface area contributed by atoms with E-state index >= 15 is 0 Å². The number of carbonyl (C=O) groups is 1. The topological polar surface area (TPSA) is 57.2 Å². The third-order valence-electron chi connectivity index (χ3n) is 3.55. The summed E-state index contributed by atoms with van der Waals surface area (Å²) in [6.07, 6.45) is 2.50. The lowest BCUT2D eigenvalue weighted by atomic mass is 9.99. The van der Waals surface area contributed by atoms with Crippen LogP contribution in [0, 0.1) is 5.92 Å². The van der Waals surface area contributed by atoms with Crippen LogP contribution in [0.25, 0.3) is 0 Å². The molecule has 6 nitrogen and oxygen atoms in total. The second-order valence-corrected chi connectivity index (χ2v) is 7.63. The molecule has 124 valence electrons. The molecule has 1 rings (SSSR count). The predicted octanol–water partition coefficient (Wildman–Crippen LogP) is 1.46. The lowest BCUT2D eigenvalue weighted by Crippen LogP contribution is -2.57. The second-order valence-electron chi connectivity index (χ2n) is 5.08. The molecule has 0 amide bonds. The van der Waals surface area contributed by atoms with Crippen molar-refractivity contribution >= 4 is 14.8 Å². The van der Waals surface area contributed by atoms with Crippen molar-refractivity contribution in [2.75, 3.05) is 46.2 Å². The summed E-state index contributed by atoms with van der Waals surface area (Å²) in [6.45, 7) is 9.19. The Morgan fingerprint density at radius 1 is 1.14 bits per heavy atom. The minimum atomic E-state index is -2.68. The molecule has 1 aliphatic rings. The van der Waals surface area contributed by atoms with Gasteiger partial charge in [-0.25, -0.2) is 0 Å². The van der Waals surface area contributed by atoms with Gasteiger partial charge in [-0.1, -0.05) is 0 Å². The van der Waals surface area contributed by atoms with Gasteiger partial charge in [-0.15, -0.1) is 0 Å². The highest BCUT2D eigenvalue weighted by molar-refractivity contribution is 6.60. The highest BCUT2D eigenvalue weighted by atomic mass is 28.4. The number of carbonyl (C=O) groups excluding carboxylic acids is 1. The summed E-state index contributed by atoms with van der Waals surface area (Å²) in [4.78, 5) is 13.9. The van der Waals surface area contributed by atoms with Crippen LogP contribution in [0.5, 0.6) is 0 Å². The molecule has 1 aliphatic heterocycles. The van der Waals surface area contributed by atoms with Gasteiger partial charge in [-0.2, -0.15) is 0 Å². The Morgan fingerprint density at radius 3 is 2.19 bits per heavy atom. The van der Waals surface area contributed by atoms with E-state index in [1.807, 2.05) is 20.8 Å². The van der Waals surface area contributed by atoms with Crippen molar-refractivity contribution in [3.05, 3.63) is 0 Å². The Morgan fingerprint density at radius 2 is 1.71 bits per heavy atom. The van der Waals surface area contributed by atoms with E-state index in [4.69, 9.17) is 18.0 Å². The van der Waals surface area contributed by atoms with Gasteiger partial charge in [0.1, 0.15) is 0 Å². The molecule has 0 spiro atoms. The first kappa shape index (κ1) is 18.6. The van der Waals surface area contributed by atoms with Gasteiger partial charge < -0.3 is 18.0 Å². The number of ether oxygens (including phenoxy) is 1. The minimum absolute atomic E-state index is 0.0553. The first-order valence-corrected chi connectivity index (χ1v) is 9.76. The molecule has 21 heavy (non-hydrogen) atoms. The minimum Gasteiger partial charge on any atom is -0.469 e. The van der Waals surface area contributed by atoms with Crippen LogP contribution in [0.1, 0.15) is 33.6 Å². The largest absolute Gasteiger partial charge is 0.515 e. The zero-order chi connectivity index (χ0) is 15.7. The van der Waals surface area contributed by atoms with Crippen LogP contribution in [0.3, 0.4) is 0 Å². The summed E-state index contributed by atoms with van der Waals surface area (Å²) in [5.74, 6) is -0.184. The summed E-state index contributed by atoms with van der Waals surface area (Å²) in [5, 5.41) is 0. The van der Waals surface area contributed by atoms with E-state index in [1.54, 1.807) is 0 Å². The van der Waals surface area contributed by atoms with Crippen molar-refractivity contribution in [1.82, 2.24) is 4.90 Å². The SMILES string of the molecule is CCO[Si](CN1CCCC(C(=O)OC)C1)(OCC)OCC. The van der Waals surface area contributed by atoms with Gasteiger partial charge in [0.05, 0.1) is 19.2 Å². The first-order valence-electron chi connectivity index (χ1n) is 7.82. The molecule has 0 aromatic heterocycles. The number of esters is 1. The summed E-state index contributed by atoms with van der Waals surface area (Å²) >= 11 is 0. The molecular formula is C14H29NO5Si. The monoisotopic (exact) mass is 319 g/mol. The third-order valence-corrected chi connectivity index (χ3v) is 6.57. The molecule has 0 N–H and O–H groups in total. The summed E-state index contributed by atoms with van der Waals surface area (Å²) in [6, 6.07) is 0. The molecular weight excluding hydrogens is 290 g/mol. The van der Waals surface area contributed by atoms with Crippen molar-refractivity contribution in [3.8, 4) is 0 Å². The molecule has 0 aromatic carbocycles. The quantitative estimate of drug-likeness (QED) is 0.474. The maximum atomic E-state index is 11.7. The molecule has 0 bridgehead atoms. The number of hydrogen-bond donors (Lipinski definition) is 0. The first-order chi connectivity index (χ1) is 10.1. The number of hydrogen-bond acceptors (Lipinski definition) is 6. The van der Waals surface area contributed by atoms with Crippen molar-refractivity contribution in [2.24, 2.45) is 5.92 Å². The molecule has 0 saturated carbocycles. The number of methoxy groups -OCH3 is 1. The molecule has 0 radical (unpaired) electrons. The molecule has 1 fully saturated rings. The second kappa shape index (κ2) is 9.53. The van der Waals surface area contributed by atoms with Crippen molar-refractivity contribution in [1.29, 1.82) is 0 Å². The third kappa shape index (κ3) is 5.67. The smallest absolute Gasteiger partial charge is 0.469 e. The van der Waals surface area contributed by atoms with Crippen molar-refractivity contribution in [2.45, 2.75) is 33.6 Å². The number of piperidine rings is 1. The van der Waals surface area contributed by atoms with Gasteiger partial charge in [-0.3, -0.25) is 9.69 Å². The average Bonchev–Trinajstić information content (AvgIpc) is 2.47. The van der Waals surface area contributed by atoms with E-state index in [1.165, 1.54) is 7.11 Å². The van der Waals surface area contributed by atoms with Crippen LogP contribution >= 0.6 is 0 Å². The average molecular weight is 319 g/mol. The number of likely N-dealkylation sites (tertiary alicyclic amines) is 1. The van der Waals surface area contributed by atoms with Gasteiger partial charge in [0, 0.05) is 26.4 Å². The number of rotatable bonds is 9. The van der Waals surface area contributed by atoms with Gasteiger partial charge in [0.25, 0.3) is 0 Å². The highest BCUT2D eigenvalue weighted by Gasteiger charge is 2.43. The molecule has 1 heterocycles. The van der Waals surface area contributed by atoms with E-state index in [2.05, 4.69) is 4.90 Å². The summed E-state index contributed by atoms with van der Waals surface area (Å²) < 4.78 is 22.5. The van der Waals surface area contributed by atoms with Crippen LogP contribution in [0.4, 0.5) is 0 Å². The van der Waals surface area contributed by atoms with E-state index < -0.39 is 8.80 Å². The fraction of sp³-hybridized carbons (Fsp3) is 0.929. The Balaban J connectivity index is 2.69. The molecule has 0 aromatic rings. The van der Waals surface area contributed by atoms with Crippen LogP contribution in [0.2, 0.25) is 0 Å². The Hall–Kier alpha value is -0.473. The maximum Gasteiger partial charge on any atom is 0.515 e. The number of nitrogens with zero attached hydrogens (tertiary/aromatic N) is 1. The lowest BCUT2D eigenvalue weighted by molar-refractivity contribution is -0.147. The molecule has 1 unspecified atom stereocenters. The van der Waals surface area contributed by atoms with Crippen LogP contribution in [-0.4, -0.2) is 65.9 Å². The van der Waals surface area contributed by atoms with Gasteiger partial charge in [0.15, 0.2) is 0 Å². The zero-order valence-electron chi connectivity index (χ0n) is 13.7. The predicted molar refractivity (Wildman–Crippen MR) is 81.8 cm³/mol. The Labute approximate surface area is 129 Å². The zero-order valence-corrected chi connectivity index (χ0v) is 14.7. The van der Waals surface area contributed by atoms with Crippen LogP contribution in [-0.2, 0) is 22.8 Å². The Bertz CT molecular complexity index is 299. The molecule has 7 heteroatoms. The van der Waals surface area contributed by atoms with E-state index in [-0.39, 0.29) is 11.9 Å². The van der Waals surface area contributed by atoms with Crippen LogP contribution in [0.15, 0.2) is 0 Å². The van der Waals surface area contributed by atoms with Crippen LogP contribution < -0.4 is 0 Å². The van der Waals surface area contributed by atoms with Crippen molar-refractivity contribution < 1.29 is 22.8 Å². The summed E-state index contributed by atoms with van der Waals surface area (Å²) in [5.41, 5.74) is 0. The van der Waals surface area contributed by atoms with Gasteiger partial charge in [-0.05, 0) is 40.2 Å². The molecule has 1 saturated heterocycles. The van der Waals surface area contributed by atoms with Crippen molar-refractivity contribution in [3.63, 3.8) is 0 Å². The van der Waals surface area contributed by atoms with E-state index in [0.717, 1.165) is 19.4 Å². The lowest BCUT2D eigenvalue weighted by Gasteiger charge is -2.37. The standard InChI is InChI=1S/C14H29NO5Si/c1-5-18-21(19-6-2,20-7-3)12-15-10-8-9-13(11-15)14(16)17-4/h13H,5-12H2,1-4H3. The fourth-order valence-electron chi connectivity index (χ4n) is 2.75. The van der Waals surface area contributed by atoms with E-state index in [9.17, 15) is 4.79 Å².